The van der Waals surface area contributed by atoms with Crippen molar-refractivity contribution in [3.8, 4) is 0 Å². The molecule has 0 unspecified atom stereocenters. The molecule has 1 N–H and O–H groups in total. The number of nitrogens with zero attached hydrogens (tertiary/aromatic N) is 1. The van der Waals surface area contributed by atoms with Gasteiger partial charge in [-0.25, -0.2) is 5.43 Å². The molecular formula is C17H16Cl2N2O. The number of benzene rings is 2. The quantitative estimate of drug-likeness (QED) is 0.637. The Bertz CT molecular complexity index is 754. The molecule has 0 aliphatic rings. The summed E-state index contributed by atoms with van der Waals surface area (Å²) in [4.78, 5) is 12.1. The second-order valence-corrected chi connectivity index (χ2v) is 5.92. The van der Waals surface area contributed by atoms with Gasteiger partial charge in [0.2, 0.25) is 0 Å². The first-order chi connectivity index (χ1) is 10.4. The molecule has 0 radical (unpaired) electrons. The van der Waals surface area contributed by atoms with Crippen molar-refractivity contribution in [3.05, 3.63) is 68.7 Å². The molecule has 114 valence electrons. The molecule has 2 rings (SSSR count). The predicted molar refractivity (Wildman–Crippen MR) is 92.1 cm³/mol. The van der Waals surface area contributed by atoms with E-state index < -0.39 is 0 Å². The van der Waals surface area contributed by atoms with Gasteiger partial charge in [-0.05, 0) is 50.6 Å². The minimum Gasteiger partial charge on any atom is -0.267 e. The maximum Gasteiger partial charge on any atom is 0.272 e. The highest BCUT2D eigenvalue weighted by molar-refractivity contribution is 6.36. The average molecular weight is 335 g/mol. The lowest BCUT2D eigenvalue weighted by Gasteiger charge is -2.08. The molecule has 0 heterocycles. The largest absolute Gasteiger partial charge is 0.272 e. The van der Waals surface area contributed by atoms with Crippen molar-refractivity contribution in [2.45, 2.75) is 20.8 Å². The van der Waals surface area contributed by atoms with Gasteiger partial charge in [0.15, 0.2) is 0 Å². The third-order valence-electron chi connectivity index (χ3n) is 3.28. The number of halogens is 2. The molecule has 5 heteroatoms. The zero-order valence-electron chi connectivity index (χ0n) is 12.6. The maximum absolute atomic E-state index is 12.1. The Morgan fingerprint density at radius 3 is 2.45 bits per heavy atom. The summed E-state index contributed by atoms with van der Waals surface area (Å²) in [5, 5.41) is 4.94. The molecule has 0 bridgehead atoms. The summed E-state index contributed by atoms with van der Waals surface area (Å²) in [6.45, 7) is 5.87. The second kappa shape index (κ2) is 6.95. The van der Waals surface area contributed by atoms with Crippen LogP contribution in [0.5, 0.6) is 0 Å². The van der Waals surface area contributed by atoms with Gasteiger partial charge in [0.25, 0.3) is 5.91 Å². The molecule has 0 atom stereocenters. The average Bonchev–Trinajstić information content (AvgIpc) is 2.47. The summed E-state index contributed by atoms with van der Waals surface area (Å²) in [5.74, 6) is -0.369. The van der Waals surface area contributed by atoms with Gasteiger partial charge in [-0.1, -0.05) is 40.9 Å². The third-order valence-corrected chi connectivity index (χ3v) is 3.83. The van der Waals surface area contributed by atoms with Crippen molar-refractivity contribution < 1.29 is 4.79 Å². The highest BCUT2D eigenvalue weighted by Crippen LogP contribution is 2.20. The van der Waals surface area contributed by atoms with Crippen molar-refractivity contribution in [1.29, 1.82) is 0 Å². The van der Waals surface area contributed by atoms with Gasteiger partial charge in [-0.15, -0.1) is 0 Å². The van der Waals surface area contributed by atoms with Crippen LogP contribution in [-0.2, 0) is 0 Å². The first kappa shape index (κ1) is 16.5. The van der Waals surface area contributed by atoms with E-state index in [-0.39, 0.29) is 5.91 Å². The van der Waals surface area contributed by atoms with E-state index in [2.05, 4.69) is 10.5 Å². The van der Waals surface area contributed by atoms with Gasteiger partial charge in [-0.2, -0.15) is 5.10 Å². The van der Waals surface area contributed by atoms with Crippen LogP contribution in [0.2, 0.25) is 10.0 Å². The van der Waals surface area contributed by atoms with Crippen molar-refractivity contribution in [2.24, 2.45) is 5.10 Å². The smallest absolute Gasteiger partial charge is 0.267 e. The standard InChI is InChI=1S/C17H16Cl2N2O/c1-10-4-5-11(2)15(8-10)12(3)20-21-17(22)14-7-6-13(18)9-16(14)19/h4-9H,1-3H3,(H,21,22)/b20-12-. The van der Waals surface area contributed by atoms with Gasteiger partial charge >= 0.3 is 0 Å². The Morgan fingerprint density at radius 2 is 1.77 bits per heavy atom. The molecule has 3 nitrogen and oxygen atoms in total. The highest BCUT2D eigenvalue weighted by atomic mass is 35.5. The van der Waals surface area contributed by atoms with Crippen LogP contribution in [-0.4, -0.2) is 11.6 Å². The summed E-state index contributed by atoms with van der Waals surface area (Å²) >= 11 is 11.8. The summed E-state index contributed by atoms with van der Waals surface area (Å²) in [6.07, 6.45) is 0. The van der Waals surface area contributed by atoms with E-state index in [1.165, 1.54) is 6.07 Å². The molecule has 0 saturated carbocycles. The van der Waals surface area contributed by atoms with Crippen LogP contribution in [0, 0.1) is 13.8 Å². The molecule has 2 aromatic carbocycles. The summed E-state index contributed by atoms with van der Waals surface area (Å²) in [7, 11) is 0. The number of amides is 1. The number of carbonyl (C=O) groups is 1. The molecule has 0 aromatic heterocycles. The van der Waals surface area contributed by atoms with Crippen LogP contribution < -0.4 is 5.43 Å². The third kappa shape index (κ3) is 3.87. The highest BCUT2D eigenvalue weighted by Gasteiger charge is 2.10. The van der Waals surface area contributed by atoms with Crippen molar-refractivity contribution in [1.82, 2.24) is 5.43 Å². The van der Waals surface area contributed by atoms with E-state index in [9.17, 15) is 4.79 Å². The molecule has 0 spiro atoms. The molecule has 0 aliphatic carbocycles. The number of hydrogen-bond acceptors (Lipinski definition) is 2. The Hall–Kier alpha value is -1.84. The van der Waals surface area contributed by atoms with E-state index in [1.54, 1.807) is 12.1 Å². The van der Waals surface area contributed by atoms with Crippen LogP contribution in [0.3, 0.4) is 0 Å². The number of hydrogen-bond donors (Lipinski definition) is 1. The van der Waals surface area contributed by atoms with Crippen LogP contribution in [0.15, 0.2) is 41.5 Å². The van der Waals surface area contributed by atoms with Crippen molar-refractivity contribution >= 4 is 34.8 Å². The molecule has 0 aliphatic heterocycles. The topological polar surface area (TPSA) is 41.5 Å². The van der Waals surface area contributed by atoms with Gasteiger partial charge in [0.1, 0.15) is 0 Å². The fourth-order valence-corrected chi connectivity index (χ4v) is 2.55. The maximum atomic E-state index is 12.1. The molecule has 2 aromatic rings. The first-order valence-electron chi connectivity index (χ1n) is 6.76. The minimum atomic E-state index is -0.369. The zero-order valence-corrected chi connectivity index (χ0v) is 14.1. The number of hydrazone groups is 1. The van der Waals surface area contributed by atoms with Crippen molar-refractivity contribution in [2.75, 3.05) is 0 Å². The van der Waals surface area contributed by atoms with Gasteiger partial charge < -0.3 is 0 Å². The monoisotopic (exact) mass is 334 g/mol. The van der Waals surface area contributed by atoms with E-state index in [4.69, 9.17) is 23.2 Å². The molecule has 0 saturated heterocycles. The molecule has 22 heavy (non-hydrogen) atoms. The fraction of sp³-hybridized carbons (Fsp3) is 0.176. The lowest BCUT2D eigenvalue weighted by Crippen LogP contribution is -2.20. The van der Waals surface area contributed by atoms with Gasteiger partial charge in [0, 0.05) is 10.6 Å². The molecular weight excluding hydrogens is 319 g/mol. The van der Waals surface area contributed by atoms with Gasteiger partial charge in [-0.3, -0.25) is 4.79 Å². The fourth-order valence-electron chi connectivity index (χ4n) is 2.05. The lowest BCUT2D eigenvalue weighted by atomic mass is 10.0. The Kier molecular flexibility index (Phi) is 5.22. The minimum absolute atomic E-state index is 0.296. The van der Waals surface area contributed by atoms with Crippen molar-refractivity contribution in [3.63, 3.8) is 0 Å². The second-order valence-electron chi connectivity index (χ2n) is 5.08. The Labute approximate surface area is 139 Å². The van der Waals surface area contributed by atoms with Crippen LogP contribution >= 0.6 is 23.2 Å². The number of aryl methyl sites for hydroxylation is 2. The van der Waals surface area contributed by atoms with E-state index in [0.717, 1.165) is 22.4 Å². The molecule has 1 amide bonds. The number of nitrogens with one attached hydrogen (secondary N) is 1. The summed E-state index contributed by atoms with van der Waals surface area (Å²) in [5.41, 5.74) is 6.84. The summed E-state index contributed by atoms with van der Waals surface area (Å²) in [6, 6.07) is 10.8. The lowest BCUT2D eigenvalue weighted by molar-refractivity contribution is 0.0955. The SMILES string of the molecule is C/C(=N/NC(=O)c1ccc(Cl)cc1Cl)c1cc(C)ccc1C. The van der Waals surface area contributed by atoms with Crippen LogP contribution in [0.25, 0.3) is 0 Å². The number of rotatable bonds is 3. The Morgan fingerprint density at radius 1 is 1.05 bits per heavy atom. The first-order valence-corrected chi connectivity index (χ1v) is 7.51. The zero-order chi connectivity index (χ0) is 16.3. The number of carbonyl (C=O) groups excluding carboxylic acids is 1. The van der Waals surface area contributed by atoms with E-state index in [0.29, 0.717) is 15.6 Å². The van der Waals surface area contributed by atoms with Gasteiger partial charge in [0.05, 0.1) is 16.3 Å². The van der Waals surface area contributed by atoms with Crippen LogP contribution in [0.1, 0.15) is 34.0 Å². The molecule has 0 fully saturated rings. The van der Waals surface area contributed by atoms with E-state index >= 15 is 0 Å². The summed E-state index contributed by atoms with van der Waals surface area (Å²) < 4.78 is 0. The predicted octanol–water partition coefficient (Wildman–Crippen LogP) is 4.76. The van der Waals surface area contributed by atoms with Crippen LogP contribution in [0.4, 0.5) is 0 Å². The Balaban J connectivity index is 2.20. The normalized spacial score (nSPS) is 11.4. The van der Waals surface area contributed by atoms with E-state index in [1.807, 2.05) is 39.0 Å².